The Kier molecular flexibility index (Phi) is 3.87. The molecule has 0 heterocycles. The lowest BCUT2D eigenvalue weighted by molar-refractivity contribution is 0.109. The number of rotatable bonds is 3. The number of benzene rings is 1. The van der Waals surface area contributed by atoms with Crippen LogP contribution in [0.5, 0.6) is 0 Å². The molecule has 0 aliphatic heterocycles. The first-order valence-electron chi connectivity index (χ1n) is 3.95. The first-order valence-corrected chi connectivity index (χ1v) is 4.74. The fraction of sp³-hybridized carbons (Fsp3) is 0.333. The molecule has 0 radical (unpaired) electrons. The summed E-state index contributed by atoms with van der Waals surface area (Å²) >= 11 is 3.29. The Morgan fingerprint density at radius 2 is 2.15 bits per heavy atom. The molecule has 72 valence electrons. The number of halogens is 1. The number of nitrogens with two attached hydrogens (primary N) is 1. The van der Waals surface area contributed by atoms with Gasteiger partial charge in [0.2, 0.25) is 0 Å². The molecule has 0 aliphatic rings. The van der Waals surface area contributed by atoms with Gasteiger partial charge in [-0.15, -0.1) is 0 Å². The van der Waals surface area contributed by atoms with Gasteiger partial charge in [0, 0.05) is 4.47 Å². The summed E-state index contributed by atoms with van der Waals surface area (Å²) in [6, 6.07) is 6.59. The van der Waals surface area contributed by atoms with Gasteiger partial charge in [0.05, 0.1) is 18.8 Å². The van der Waals surface area contributed by atoms with Crippen LogP contribution >= 0.6 is 15.9 Å². The zero-order valence-electron chi connectivity index (χ0n) is 7.02. The van der Waals surface area contributed by atoms with E-state index in [4.69, 9.17) is 10.8 Å². The van der Waals surface area contributed by atoms with Crippen molar-refractivity contribution in [1.82, 2.24) is 0 Å². The Morgan fingerprint density at radius 1 is 1.46 bits per heavy atom. The van der Waals surface area contributed by atoms with Gasteiger partial charge < -0.3 is 15.9 Å². The average molecular weight is 246 g/mol. The van der Waals surface area contributed by atoms with Gasteiger partial charge in [-0.2, -0.15) is 0 Å². The molecule has 0 saturated heterocycles. The quantitative estimate of drug-likeness (QED) is 0.739. The number of aliphatic hydroxyl groups excluding tert-OH is 2. The fourth-order valence-corrected chi connectivity index (χ4v) is 1.45. The van der Waals surface area contributed by atoms with Crippen molar-refractivity contribution in [3.63, 3.8) is 0 Å². The minimum Gasteiger partial charge on any atom is -0.395 e. The molecule has 2 unspecified atom stereocenters. The highest BCUT2D eigenvalue weighted by atomic mass is 79.9. The Labute approximate surface area is 85.3 Å². The van der Waals surface area contributed by atoms with Crippen LogP contribution in [0.1, 0.15) is 11.7 Å². The highest BCUT2D eigenvalue weighted by Crippen LogP contribution is 2.19. The van der Waals surface area contributed by atoms with Crippen molar-refractivity contribution in [2.75, 3.05) is 6.61 Å². The normalized spacial score (nSPS) is 15.4. The van der Waals surface area contributed by atoms with Crippen molar-refractivity contribution in [2.24, 2.45) is 5.73 Å². The Balaban J connectivity index is 2.82. The van der Waals surface area contributed by atoms with Gasteiger partial charge in [-0.1, -0.05) is 28.1 Å². The van der Waals surface area contributed by atoms with Crippen LogP contribution in [0.25, 0.3) is 0 Å². The standard InChI is InChI=1S/C9H12BrNO2/c10-7-3-1-2-6(4-7)9(13)8(11)5-12/h1-4,8-9,12-13H,5,11H2. The number of hydrogen-bond acceptors (Lipinski definition) is 3. The first-order chi connectivity index (χ1) is 6.15. The lowest BCUT2D eigenvalue weighted by Gasteiger charge is -2.16. The predicted octanol–water partition coefficient (Wildman–Crippen LogP) is 0.802. The van der Waals surface area contributed by atoms with E-state index < -0.39 is 12.1 Å². The molecule has 0 amide bonds. The van der Waals surface area contributed by atoms with E-state index in [0.717, 1.165) is 4.47 Å². The number of aliphatic hydroxyl groups is 2. The van der Waals surface area contributed by atoms with Crippen molar-refractivity contribution in [1.29, 1.82) is 0 Å². The summed E-state index contributed by atoms with van der Waals surface area (Å²) in [6.07, 6.45) is -0.817. The summed E-state index contributed by atoms with van der Waals surface area (Å²) in [4.78, 5) is 0. The van der Waals surface area contributed by atoms with E-state index in [1.165, 1.54) is 0 Å². The van der Waals surface area contributed by atoms with Gasteiger partial charge >= 0.3 is 0 Å². The molecular weight excluding hydrogens is 234 g/mol. The maximum atomic E-state index is 9.61. The predicted molar refractivity (Wildman–Crippen MR) is 54.2 cm³/mol. The van der Waals surface area contributed by atoms with Crippen LogP contribution in [0.3, 0.4) is 0 Å². The zero-order chi connectivity index (χ0) is 9.84. The molecule has 1 aromatic rings. The van der Waals surface area contributed by atoms with Gasteiger partial charge in [-0.05, 0) is 17.7 Å². The largest absolute Gasteiger partial charge is 0.395 e. The topological polar surface area (TPSA) is 66.5 Å². The van der Waals surface area contributed by atoms with E-state index in [2.05, 4.69) is 15.9 Å². The maximum Gasteiger partial charge on any atom is 0.0963 e. The third kappa shape index (κ3) is 2.77. The average Bonchev–Trinajstić information content (AvgIpc) is 2.15. The molecule has 0 saturated carbocycles. The summed E-state index contributed by atoms with van der Waals surface area (Å²) in [5.74, 6) is 0. The van der Waals surface area contributed by atoms with Gasteiger partial charge in [-0.3, -0.25) is 0 Å². The van der Waals surface area contributed by atoms with E-state index in [1.807, 2.05) is 12.1 Å². The van der Waals surface area contributed by atoms with Crippen LogP contribution in [0.15, 0.2) is 28.7 Å². The van der Waals surface area contributed by atoms with Crippen molar-refractivity contribution in [3.05, 3.63) is 34.3 Å². The van der Waals surface area contributed by atoms with Crippen LogP contribution in [0, 0.1) is 0 Å². The molecule has 0 aliphatic carbocycles. The second-order valence-corrected chi connectivity index (χ2v) is 3.76. The third-order valence-electron chi connectivity index (χ3n) is 1.81. The molecule has 1 rings (SSSR count). The molecule has 1 aromatic carbocycles. The van der Waals surface area contributed by atoms with Gasteiger partial charge in [0.1, 0.15) is 0 Å². The third-order valence-corrected chi connectivity index (χ3v) is 2.30. The highest BCUT2D eigenvalue weighted by molar-refractivity contribution is 9.10. The molecule has 3 nitrogen and oxygen atoms in total. The molecule has 2 atom stereocenters. The lowest BCUT2D eigenvalue weighted by atomic mass is 10.0. The van der Waals surface area contributed by atoms with Crippen molar-refractivity contribution < 1.29 is 10.2 Å². The summed E-state index contributed by atoms with van der Waals surface area (Å²) in [7, 11) is 0. The molecule has 0 fully saturated rings. The smallest absolute Gasteiger partial charge is 0.0963 e. The minimum atomic E-state index is -0.817. The zero-order valence-corrected chi connectivity index (χ0v) is 8.61. The van der Waals surface area contributed by atoms with E-state index in [0.29, 0.717) is 5.56 Å². The molecule has 0 spiro atoms. The Hall–Kier alpha value is -0.420. The van der Waals surface area contributed by atoms with E-state index in [1.54, 1.807) is 12.1 Å². The van der Waals surface area contributed by atoms with Crippen LogP contribution in [0.4, 0.5) is 0 Å². The van der Waals surface area contributed by atoms with Crippen molar-refractivity contribution >= 4 is 15.9 Å². The van der Waals surface area contributed by atoms with Crippen molar-refractivity contribution in [3.8, 4) is 0 Å². The van der Waals surface area contributed by atoms with Gasteiger partial charge in [-0.25, -0.2) is 0 Å². The summed E-state index contributed by atoms with van der Waals surface area (Å²) < 4.78 is 0.884. The lowest BCUT2D eigenvalue weighted by Crippen LogP contribution is -2.31. The van der Waals surface area contributed by atoms with E-state index in [9.17, 15) is 5.11 Å². The number of hydrogen-bond donors (Lipinski definition) is 3. The summed E-state index contributed by atoms with van der Waals surface area (Å²) in [6.45, 7) is -0.228. The molecule has 0 bridgehead atoms. The highest BCUT2D eigenvalue weighted by Gasteiger charge is 2.15. The monoisotopic (exact) mass is 245 g/mol. The van der Waals surface area contributed by atoms with E-state index in [-0.39, 0.29) is 6.61 Å². The molecule has 0 aromatic heterocycles. The van der Waals surface area contributed by atoms with Gasteiger partial charge in [0.25, 0.3) is 0 Å². The van der Waals surface area contributed by atoms with Crippen LogP contribution in [-0.2, 0) is 0 Å². The maximum absolute atomic E-state index is 9.61. The molecule has 4 heteroatoms. The molecule has 4 N–H and O–H groups in total. The van der Waals surface area contributed by atoms with Gasteiger partial charge in [0.15, 0.2) is 0 Å². The minimum absolute atomic E-state index is 0.228. The van der Waals surface area contributed by atoms with Crippen LogP contribution < -0.4 is 5.73 Å². The Bertz CT molecular complexity index is 280. The molecule has 13 heavy (non-hydrogen) atoms. The molecular formula is C9H12BrNO2. The summed E-state index contributed by atoms with van der Waals surface area (Å²) in [5, 5.41) is 18.3. The SMILES string of the molecule is NC(CO)C(O)c1cccc(Br)c1. The van der Waals surface area contributed by atoms with Crippen LogP contribution in [0.2, 0.25) is 0 Å². The van der Waals surface area contributed by atoms with Crippen LogP contribution in [-0.4, -0.2) is 22.9 Å². The first kappa shape index (κ1) is 10.7. The second kappa shape index (κ2) is 4.72. The summed E-state index contributed by atoms with van der Waals surface area (Å²) in [5.41, 5.74) is 6.19. The van der Waals surface area contributed by atoms with Crippen molar-refractivity contribution in [2.45, 2.75) is 12.1 Å². The van der Waals surface area contributed by atoms with E-state index >= 15 is 0 Å². The Morgan fingerprint density at radius 3 is 2.69 bits per heavy atom. The second-order valence-electron chi connectivity index (χ2n) is 2.85. The fourth-order valence-electron chi connectivity index (χ4n) is 1.04.